The first kappa shape index (κ1) is 28.5. The average Bonchev–Trinajstić information content (AvgIpc) is 3.16. The first-order valence-electron chi connectivity index (χ1n) is 12.1. The van der Waals surface area contributed by atoms with Crippen molar-refractivity contribution in [3.63, 3.8) is 0 Å². The van der Waals surface area contributed by atoms with Gasteiger partial charge in [-0.05, 0) is 55.2 Å². The molecule has 0 aliphatic carbocycles. The molecule has 10 heteroatoms. The van der Waals surface area contributed by atoms with Crippen molar-refractivity contribution in [3.05, 3.63) is 57.9 Å². The third-order valence-corrected chi connectivity index (χ3v) is 8.58. The van der Waals surface area contributed by atoms with Gasteiger partial charge in [0.2, 0.25) is 10.0 Å². The molecule has 196 valence electrons. The van der Waals surface area contributed by atoms with Gasteiger partial charge in [0, 0.05) is 31.8 Å². The van der Waals surface area contributed by atoms with E-state index in [1.54, 1.807) is 6.07 Å². The first-order valence-corrected chi connectivity index (χ1v) is 14.7. The average molecular weight is 552 g/mol. The van der Waals surface area contributed by atoms with Crippen LogP contribution in [0, 0.1) is 11.8 Å². The highest BCUT2D eigenvalue weighted by molar-refractivity contribution is 7.89. The lowest BCUT2D eigenvalue weighted by molar-refractivity contribution is 0.0996. The van der Waals surface area contributed by atoms with E-state index in [1.807, 2.05) is 51.3 Å². The van der Waals surface area contributed by atoms with Crippen LogP contribution in [0.3, 0.4) is 0 Å². The van der Waals surface area contributed by atoms with Gasteiger partial charge in [0.25, 0.3) is 5.91 Å². The molecule has 2 aromatic carbocycles. The molecule has 36 heavy (non-hydrogen) atoms. The van der Waals surface area contributed by atoms with Crippen molar-refractivity contribution in [3.8, 4) is 0 Å². The summed E-state index contributed by atoms with van der Waals surface area (Å²) in [5.41, 5.74) is 1.13. The van der Waals surface area contributed by atoms with Crippen LogP contribution in [0.5, 0.6) is 0 Å². The van der Waals surface area contributed by atoms with Gasteiger partial charge < -0.3 is 9.30 Å². The molecule has 0 bridgehead atoms. The third kappa shape index (κ3) is 6.83. The smallest absolute Gasteiger partial charge is 0.279 e. The van der Waals surface area contributed by atoms with Crippen molar-refractivity contribution in [2.24, 2.45) is 16.8 Å². The second-order valence-corrected chi connectivity index (χ2v) is 12.7. The quantitative estimate of drug-likeness (QED) is 0.297. The SMILES string of the molecule is CCOCCn1c(=NC(=O)c2ccc(S(=O)(=O)N(CC(C)C)CC(C)C)cc2)sc2cccc(Cl)c21. The zero-order chi connectivity index (χ0) is 26.5. The Morgan fingerprint density at radius 3 is 2.31 bits per heavy atom. The van der Waals surface area contributed by atoms with Crippen LogP contribution in [0.1, 0.15) is 45.0 Å². The van der Waals surface area contributed by atoms with E-state index in [0.717, 1.165) is 10.2 Å². The summed E-state index contributed by atoms with van der Waals surface area (Å²) in [6.07, 6.45) is 0. The number of ether oxygens (including phenoxy) is 1. The van der Waals surface area contributed by atoms with Crippen molar-refractivity contribution in [2.75, 3.05) is 26.3 Å². The summed E-state index contributed by atoms with van der Waals surface area (Å²) in [5, 5.41) is 0.580. The zero-order valence-corrected chi connectivity index (χ0v) is 23.8. The minimum absolute atomic E-state index is 0.167. The predicted molar refractivity (Wildman–Crippen MR) is 146 cm³/mol. The summed E-state index contributed by atoms with van der Waals surface area (Å²) in [6.45, 7) is 12.3. The number of sulfonamides is 1. The molecule has 0 N–H and O–H groups in total. The Bertz CT molecular complexity index is 1350. The molecule has 0 atom stereocenters. The Hall–Kier alpha value is -2.04. The Labute approximate surface area is 222 Å². The molecular weight excluding hydrogens is 518 g/mol. The highest BCUT2D eigenvalue weighted by atomic mass is 35.5. The van der Waals surface area contributed by atoms with Gasteiger partial charge in [-0.25, -0.2) is 8.42 Å². The van der Waals surface area contributed by atoms with Gasteiger partial charge in [-0.2, -0.15) is 9.30 Å². The maximum absolute atomic E-state index is 13.3. The number of hydrogen-bond acceptors (Lipinski definition) is 5. The normalized spacial score (nSPS) is 13.0. The Kier molecular flexibility index (Phi) is 9.88. The van der Waals surface area contributed by atoms with Gasteiger partial charge in [-0.3, -0.25) is 4.79 Å². The number of benzene rings is 2. The number of rotatable bonds is 11. The molecule has 3 rings (SSSR count). The maximum atomic E-state index is 13.3. The number of amides is 1. The van der Waals surface area contributed by atoms with E-state index in [1.165, 1.54) is 39.9 Å². The molecule has 0 spiro atoms. The van der Waals surface area contributed by atoms with Crippen LogP contribution in [0.25, 0.3) is 10.2 Å². The number of thiazole rings is 1. The van der Waals surface area contributed by atoms with Crippen molar-refractivity contribution in [2.45, 2.75) is 46.1 Å². The molecule has 3 aromatic rings. The van der Waals surface area contributed by atoms with E-state index in [0.29, 0.717) is 48.2 Å². The molecule has 0 radical (unpaired) electrons. The summed E-state index contributed by atoms with van der Waals surface area (Å²) < 4.78 is 36.4. The van der Waals surface area contributed by atoms with Gasteiger partial charge in [0.05, 0.1) is 26.7 Å². The molecule has 7 nitrogen and oxygen atoms in total. The molecule has 0 aliphatic rings. The summed E-state index contributed by atoms with van der Waals surface area (Å²) in [7, 11) is -3.67. The van der Waals surface area contributed by atoms with E-state index in [4.69, 9.17) is 16.3 Å². The van der Waals surface area contributed by atoms with Crippen LogP contribution in [-0.4, -0.2) is 49.5 Å². The van der Waals surface area contributed by atoms with Crippen LogP contribution >= 0.6 is 22.9 Å². The summed E-state index contributed by atoms with van der Waals surface area (Å²) in [5.74, 6) is -0.0576. The molecular formula is C26H34ClN3O4S2. The third-order valence-electron chi connectivity index (χ3n) is 5.39. The standard InChI is InChI=1S/C26H34ClN3O4S2/c1-6-34-15-14-30-24-22(27)8-7-9-23(24)35-26(30)28-25(31)20-10-12-21(13-11-20)36(32,33)29(16-18(2)3)17-19(4)5/h7-13,18-19H,6,14-17H2,1-5H3. The largest absolute Gasteiger partial charge is 0.380 e. The molecule has 1 heterocycles. The molecule has 1 aromatic heterocycles. The Balaban J connectivity index is 1.94. The van der Waals surface area contributed by atoms with Gasteiger partial charge in [-0.15, -0.1) is 0 Å². The molecule has 0 aliphatic heterocycles. The topological polar surface area (TPSA) is 81.0 Å². The number of carbonyl (C=O) groups is 1. The molecule has 0 saturated carbocycles. The fourth-order valence-corrected chi connectivity index (χ4v) is 7.02. The van der Waals surface area contributed by atoms with Crippen molar-refractivity contribution in [1.82, 2.24) is 8.87 Å². The number of carbonyl (C=O) groups excluding carboxylic acids is 1. The second-order valence-electron chi connectivity index (χ2n) is 9.37. The minimum atomic E-state index is -3.67. The van der Waals surface area contributed by atoms with E-state index in [9.17, 15) is 13.2 Å². The van der Waals surface area contributed by atoms with E-state index in [-0.39, 0.29) is 16.7 Å². The Morgan fingerprint density at radius 2 is 1.72 bits per heavy atom. The number of nitrogens with zero attached hydrogens (tertiary/aromatic N) is 3. The fraction of sp³-hybridized carbons (Fsp3) is 0.462. The number of halogens is 1. The van der Waals surface area contributed by atoms with Gasteiger partial charge >= 0.3 is 0 Å². The summed E-state index contributed by atoms with van der Waals surface area (Å²) in [4.78, 5) is 18.1. The minimum Gasteiger partial charge on any atom is -0.380 e. The summed E-state index contributed by atoms with van der Waals surface area (Å²) >= 11 is 7.82. The van der Waals surface area contributed by atoms with Crippen LogP contribution in [0.2, 0.25) is 5.02 Å². The summed E-state index contributed by atoms with van der Waals surface area (Å²) in [6, 6.07) is 11.6. The van der Waals surface area contributed by atoms with Crippen LogP contribution in [-0.2, 0) is 21.3 Å². The van der Waals surface area contributed by atoms with Crippen molar-refractivity contribution in [1.29, 1.82) is 0 Å². The van der Waals surface area contributed by atoms with Gasteiger partial charge in [-0.1, -0.05) is 56.7 Å². The van der Waals surface area contributed by atoms with Crippen molar-refractivity contribution >= 4 is 49.1 Å². The maximum Gasteiger partial charge on any atom is 0.279 e. The molecule has 1 amide bonds. The lowest BCUT2D eigenvalue weighted by Crippen LogP contribution is -2.37. The number of para-hydroxylation sites is 1. The highest BCUT2D eigenvalue weighted by Gasteiger charge is 2.26. The van der Waals surface area contributed by atoms with E-state index in [2.05, 4.69) is 4.99 Å². The van der Waals surface area contributed by atoms with E-state index < -0.39 is 15.9 Å². The lowest BCUT2D eigenvalue weighted by atomic mass is 10.2. The van der Waals surface area contributed by atoms with Crippen LogP contribution in [0.15, 0.2) is 52.4 Å². The lowest BCUT2D eigenvalue weighted by Gasteiger charge is -2.25. The van der Waals surface area contributed by atoms with Gasteiger partial charge in [0.1, 0.15) is 0 Å². The second kappa shape index (κ2) is 12.5. The van der Waals surface area contributed by atoms with Crippen LogP contribution < -0.4 is 4.80 Å². The molecule has 0 saturated heterocycles. The molecule has 0 fully saturated rings. The first-order chi connectivity index (χ1) is 17.0. The Morgan fingerprint density at radius 1 is 1.08 bits per heavy atom. The monoisotopic (exact) mass is 551 g/mol. The number of aromatic nitrogens is 1. The number of hydrogen-bond donors (Lipinski definition) is 0. The zero-order valence-electron chi connectivity index (χ0n) is 21.4. The predicted octanol–water partition coefficient (Wildman–Crippen LogP) is 5.44. The van der Waals surface area contributed by atoms with Crippen LogP contribution in [0.4, 0.5) is 0 Å². The van der Waals surface area contributed by atoms with Crippen molar-refractivity contribution < 1.29 is 17.9 Å². The number of fused-ring (bicyclic) bond motifs is 1. The highest BCUT2D eigenvalue weighted by Crippen LogP contribution is 2.25. The molecule has 0 unspecified atom stereocenters. The van der Waals surface area contributed by atoms with Gasteiger partial charge in [0.15, 0.2) is 4.80 Å². The van der Waals surface area contributed by atoms with E-state index >= 15 is 0 Å². The fourth-order valence-electron chi connectivity index (χ4n) is 3.84.